The fourth-order valence-corrected chi connectivity index (χ4v) is 3.81. The molecule has 7 nitrogen and oxygen atoms in total. The van der Waals surface area contributed by atoms with Crippen LogP contribution >= 0.6 is 0 Å². The zero-order chi connectivity index (χ0) is 22.5. The lowest BCUT2D eigenvalue weighted by molar-refractivity contribution is -0.137. The van der Waals surface area contributed by atoms with Crippen LogP contribution in [0.5, 0.6) is 0 Å². The largest absolute Gasteiger partial charge is 0.452 e. The van der Waals surface area contributed by atoms with E-state index in [1.165, 1.54) is 4.90 Å². The summed E-state index contributed by atoms with van der Waals surface area (Å²) in [6.45, 7) is 7.65. The van der Waals surface area contributed by atoms with Gasteiger partial charge in [-0.25, -0.2) is 4.79 Å². The van der Waals surface area contributed by atoms with E-state index in [1.807, 2.05) is 58.0 Å². The average molecular weight is 426 g/mol. The summed E-state index contributed by atoms with van der Waals surface area (Å²) >= 11 is 0. The van der Waals surface area contributed by atoms with E-state index < -0.39 is 5.97 Å². The number of nitrogens with zero attached hydrogens (tertiary/aromatic N) is 2. The van der Waals surface area contributed by atoms with Gasteiger partial charge in [-0.15, -0.1) is 0 Å². The number of carbonyl (C=O) groups excluding carboxylic acids is 3. The number of aromatic nitrogens is 1. The second kappa shape index (κ2) is 9.81. The first-order valence-electron chi connectivity index (χ1n) is 10.8. The molecule has 0 saturated heterocycles. The summed E-state index contributed by atoms with van der Waals surface area (Å²) in [6, 6.07) is 9.75. The highest BCUT2D eigenvalue weighted by atomic mass is 16.5. The maximum atomic E-state index is 12.7. The molecule has 166 valence electrons. The molecule has 7 heteroatoms. The molecule has 2 amide bonds. The van der Waals surface area contributed by atoms with Gasteiger partial charge in [0.2, 0.25) is 5.91 Å². The minimum atomic E-state index is -0.505. The van der Waals surface area contributed by atoms with Gasteiger partial charge in [-0.05, 0) is 57.7 Å². The molecule has 1 aliphatic carbocycles. The minimum Gasteiger partial charge on any atom is -0.452 e. The molecule has 0 bridgehead atoms. The fourth-order valence-electron chi connectivity index (χ4n) is 3.81. The Balaban J connectivity index is 1.57. The number of esters is 1. The average Bonchev–Trinajstić information content (AvgIpc) is 3.51. The van der Waals surface area contributed by atoms with Crippen LogP contribution in [0.3, 0.4) is 0 Å². The molecule has 3 rings (SSSR count). The summed E-state index contributed by atoms with van der Waals surface area (Å²) in [5.41, 5.74) is 4.06. The molecule has 1 N–H and O–H groups in total. The first kappa shape index (κ1) is 22.6. The molecule has 0 aliphatic heterocycles. The van der Waals surface area contributed by atoms with Gasteiger partial charge in [0.15, 0.2) is 6.61 Å². The highest BCUT2D eigenvalue weighted by Gasteiger charge is 2.29. The Morgan fingerprint density at radius 2 is 1.87 bits per heavy atom. The topological polar surface area (TPSA) is 80.6 Å². The molecule has 0 atom stereocenters. The normalized spacial score (nSPS) is 13.0. The summed E-state index contributed by atoms with van der Waals surface area (Å²) in [7, 11) is 0. The molecule has 1 fully saturated rings. The lowest BCUT2D eigenvalue weighted by Gasteiger charge is -2.21. The molecule has 1 saturated carbocycles. The first-order valence-corrected chi connectivity index (χ1v) is 10.8. The molecule has 0 unspecified atom stereocenters. The standard InChI is InChI=1S/C24H31N3O4/c1-5-12-26(14-22(28)25-21-9-7-6-8-16(21)2)23(29)15-31-24(30)20-13-17(3)27(18(20)4)19-10-11-19/h6-9,13,19H,5,10-12,14-15H2,1-4H3,(H,25,28). The predicted molar refractivity (Wildman–Crippen MR) is 119 cm³/mol. The molecule has 0 radical (unpaired) electrons. The number of carbonyl (C=O) groups is 3. The van der Waals surface area contributed by atoms with Crippen molar-refractivity contribution in [2.75, 3.05) is 25.0 Å². The second-order valence-corrected chi connectivity index (χ2v) is 8.14. The summed E-state index contributed by atoms with van der Waals surface area (Å²) in [4.78, 5) is 39.1. The number of amides is 2. The van der Waals surface area contributed by atoms with Gasteiger partial charge in [-0.3, -0.25) is 9.59 Å². The molecule has 2 aromatic rings. The van der Waals surface area contributed by atoms with Gasteiger partial charge >= 0.3 is 5.97 Å². The third-order valence-corrected chi connectivity index (χ3v) is 5.54. The lowest BCUT2D eigenvalue weighted by Crippen LogP contribution is -2.40. The van der Waals surface area contributed by atoms with Gasteiger partial charge in [-0.2, -0.15) is 0 Å². The lowest BCUT2D eigenvalue weighted by atomic mass is 10.2. The molecule has 1 aromatic heterocycles. The first-order chi connectivity index (χ1) is 14.8. The van der Waals surface area contributed by atoms with Crippen LogP contribution in [0.15, 0.2) is 30.3 Å². The van der Waals surface area contributed by atoms with Crippen LogP contribution < -0.4 is 5.32 Å². The molecule has 31 heavy (non-hydrogen) atoms. The molecular weight excluding hydrogens is 394 g/mol. The van der Waals surface area contributed by atoms with Crippen LogP contribution in [0.25, 0.3) is 0 Å². The van der Waals surface area contributed by atoms with E-state index in [0.29, 0.717) is 30.3 Å². The SMILES string of the molecule is CCCN(CC(=O)Nc1ccccc1C)C(=O)COC(=O)c1cc(C)n(C2CC2)c1C. The number of aryl methyl sites for hydroxylation is 2. The maximum Gasteiger partial charge on any atom is 0.340 e. The number of benzene rings is 1. The number of para-hydroxylation sites is 1. The molecule has 1 aliphatic rings. The fraction of sp³-hybridized carbons (Fsp3) is 0.458. The van der Waals surface area contributed by atoms with E-state index in [0.717, 1.165) is 29.8 Å². The number of hydrogen-bond acceptors (Lipinski definition) is 4. The van der Waals surface area contributed by atoms with Gasteiger partial charge in [0, 0.05) is 29.7 Å². The zero-order valence-electron chi connectivity index (χ0n) is 18.7. The van der Waals surface area contributed by atoms with Crippen molar-refractivity contribution in [2.45, 2.75) is 53.0 Å². The molecular formula is C24H31N3O4. The van der Waals surface area contributed by atoms with Gasteiger partial charge in [-0.1, -0.05) is 25.1 Å². The van der Waals surface area contributed by atoms with Crippen LogP contribution in [-0.2, 0) is 14.3 Å². The number of hydrogen-bond donors (Lipinski definition) is 1. The summed E-state index contributed by atoms with van der Waals surface area (Å²) in [5, 5.41) is 2.83. The van der Waals surface area contributed by atoms with Crippen molar-refractivity contribution in [3.8, 4) is 0 Å². The Morgan fingerprint density at radius 3 is 2.52 bits per heavy atom. The van der Waals surface area contributed by atoms with E-state index in [2.05, 4.69) is 9.88 Å². The van der Waals surface area contributed by atoms with Gasteiger partial charge in [0.25, 0.3) is 5.91 Å². The van der Waals surface area contributed by atoms with Crippen LogP contribution in [0.1, 0.15) is 59.5 Å². The molecule has 1 aromatic carbocycles. The monoisotopic (exact) mass is 425 g/mol. The van der Waals surface area contributed by atoms with Crippen LogP contribution in [-0.4, -0.2) is 46.9 Å². The highest BCUT2D eigenvalue weighted by Crippen LogP contribution is 2.38. The third-order valence-electron chi connectivity index (χ3n) is 5.54. The van der Waals surface area contributed by atoms with Crippen molar-refractivity contribution in [1.29, 1.82) is 0 Å². The Labute approximate surface area is 183 Å². The Hall–Kier alpha value is -3.09. The second-order valence-electron chi connectivity index (χ2n) is 8.14. The van der Waals surface area contributed by atoms with E-state index in [-0.39, 0.29) is 25.0 Å². The molecule has 1 heterocycles. The summed E-state index contributed by atoms with van der Waals surface area (Å²) in [6.07, 6.45) is 2.94. The highest BCUT2D eigenvalue weighted by molar-refractivity contribution is 5.96. The van der Waals surface area contributed by atoms with Crippen LogP contribution in [0.4, 0.5) is 5.69 Å². The maximum absolute atomic E-state index is 12.7. The minimum absolute atomic E-state index is 0.0885. The Bertz CT molecular complexity index is 975. The molecule has 0 spiro atoms. The van der Waals surface area contributed by atoms with Crippen molar-refractivity contribution < 1.29 is 19.1 Å². The van der Waals surface area contributed by atoms with Crippen molar-refractivity contribution in [3.63, 3.8) is 0 Å². The van der Waals surface area contributed by atoms with Crippen LogP contribution in [0.2, 0.25) is 0 Å². The van der Waals surface area contributed by atoms with E-state index in [1.54, 1.807) is 0 Å². The smallest absolute Gasteiger partial charge is 0.340 e. The van der Waals surface area contributed by atoms with Crippen molar-refractivity contribution in [1.82, 2.24) is 9.47 Å². The van der Waals surface area contributed by atoms with Gasteiger partial charge < -0.3 is 19.5 Å². The van der Waals surface area contributed by atoms with Gasteiger partial charge in [0.05, 0.1) is 12.1 Å². The van der Waals surface area contributed by atoms with Crippen LogP contribution in [0, 0.1) is 20.8 Å². The predicted octanol–water partition coefficient (Wildman–Crippen LogP) is 3.78. The van der Waals surface area contributed by atoms with E-state index >= 15 is 0 Å². The van der Waals surface area contributed by atoms with Gasteiger partial charge in [0.1, 0.15) is 0 Å². The number of nitrogens with one attached hydrogen (secondary N) is 1. The van der Waals surface area contributed by atoms with E-state index in [9.17, 15) is 14.4 Å². The number of anilines is 1. The summed E-state index contributed by atoms with van der Waals surface area (Å²) in [5.74, 6) is -1.17. The number of rotatable bonds is 9. The van der Waals surface area contributed by atoms with E-state index in [4.69, 9.17) is 4.74 Å². The van der Waals surface area contributed by atoms with Crippen molar-refractivity contribution in [3.05, 3.63) is 52.8 Å². The Kier molecular flexibility index (Phi) is 7.15. The Morgan fingerprint density at radius 1 is 1.16 bits per heavy atom. The van der Waals surface area contributed by atoms with Crippen molar-refractivity contribution in [2.24, 2.45) is 0 Å². The van der Waals surface area contributed by atoms with Crippen molar-refractivity contribution >= 4 is 23.5 Å². The third kappa shape index (κ3) is 5.54. The number of ether oxygens (including phenoxy) is 1. The summed E-state index contributed by atoms with van der Waals surface area (Å²) < 4.78 is 7.47. The quantitative estimate of drug-likeness (QED) is 0.620. The zero-order valence-corrected chi connectivity index (χ0v) is 18.7.